The molecule has 0 aliphatic carbocycles. The van der Waals surface area contributed by atoms with E-state index in [-0.39, 0.29) is 0 Å². The van der Waals surface area contributed by atoms with Gasteiger partial charge >= 0.3 is 0 Å². The number of carbonyl (C=O) groups is 1. The zero-order valence-corrected chi connectivity index (χ0v) is 17.0. The molecule has 0 saturated carbocycles. The Balaban J connectivity index is 1.46. The maximum Gasteiger partial charge on any atom is 0.231 e. The highest BCUT2D eigenvalue weighted by molar-refractivity contribution is 5.80. The van der Waals surface area contributed by atoms with Crippen molar-refractivity contribution in [3.8, 4) is 11.5 Å². The molecule has 2 N–H and O–H groups in total. The lowest BCUT2D eigenvalue weighted by Gasteiger charge is -2.26. The van der Waals surface area contributed by atoms with Gasteiger partial charge in [-0.2, -0.15) is 0 Å². The van der Waals surface area contributed by atoms with Crippen LogP contribution in [0.2, 0.25) is 0 Å². The number of rotatable bonds is 9. The molecular weight excluding hydrogens is 356 g/mol. The number of hydrogen-bond donors (Lipinski definition) is 2. The molecule has 1 aromatic carbocycles. The molecule has 1 aromatic rings. The maximum absolute atomic E-state index is 12.0. The van der Waals surface area contributed by atoms with Crippen LogP contribution in [0.5, 0.6) is 11.5 Å². The summed E-state index contributed by atoms with van der Waals surface area (Å²) in [5, 5.41) is 6.69. The second-order valence-corrected chi connectivity index (χ2v) is 7.17. The number of nitrogens with zero attached hydrogens (tertiary/aromatic N) is 2. The fourth-order valence-electron chi connectivity index (χ4n) is 3.72. The van der Waals surface area contributed by atoms with Gasteiger partial charge in [-0.15, -0.1) is 0 Å². The van der Waals surface area contributed by atoms with E-state index in [1.54, 1.807) is 0 Å². The topological polar surface area (TPSA) is 75.2 Å². The minimum Gasteiger partial charge on any atom is -0.454 e. The first kappa shape index (κ1) is 20.3. The average Bonchev–Trinajstić information content (AvgIpc) is 3.33. The fraction of sp³-hybridized carbons (Fsp3) is 0.619. The van der Waals surface area contributed by atoms with Crippen molar-refractivity contribution in [1.82, 2.24) is 15.5 Å². The highest BCUT2D eigenvalue weighted by atomic mass is 16.7. The van der Waals surface area contributed by atoms with Crippen LogP contribution in [0.15, 0.2) is 23.2 Å². The molecule has 0 bridgehead atoms. The van der Waals surface area contributed by atoms with Crippen molar-refractivity contribution in [2.45, 2.75) is 52.0 Å². The molecule has 7 heteroatoms. The molecule has 0 radical (unpaired) electrons. The quantitative estimate of drug-likeness (QED) is 0.502. The van der Waals surface area contributed by atoms with E-state index < -0.39 is 0 Å². The van der Waals surface area contributed by atoms with Gasteiger partial charge in [0.1, 0.15) is 0 Å². The van der Waals surface area contributed by atoms with Crippen molar-refractivity contribution in [2.75, 3.05) is 33.0 Å². The second-order valence-electron chi connectivity index (χ2n) is 7.17. The van der Waals surface area contributed by atoms with Crippen molar-refractivity contribution in [1.29, 1.82) is 0 Å². The lowest BCUT2D eigenvalue weighted by atomic mass is 10.1. The van der Waals surface area contributed by atoms with E-state index >= 15 is 0 Å². The van der Waals surface area contributed by atoms with Gasteiger partial charge in [0.05, 0.1) is 0 Å². The van der Waals surface area contributed by atoms with Gasteiger partial charge < -0.3 is 25.0 Å². The van der Waals surface area contributed by atoms with Gasteiger partial charge in [0.25, 0.3) is 0 Å². The van der Waals surface area contributed by atoms with Crippen LogP contribution < -0.4 is 20.1 Å². The number of amides is 1. The zero-order chi connectivity index (χ0) is 19.8. The number of benzene rings is 1. The van der Waals surface area contributed by atoms with Crippen LogP contribution in [0.1, 0.15) is 45.1 Å². The van der Waals surface area contributed by atoms with Crippen molar-refractivity contribution in [3.05, 3.63) is 23.8 Å². The Morgan fingerprint density at radius 3 is 2.86 bits per heavy atom. The summed E-state index contributed by atoms with van der Waals surface area (Å²) in [7, 11) is 0. The highest BCUT2D eigenvalue weighted by Gasteiger charge is 2.26. The number of hydrogen-bond acceptors (Lipinski definition) is 4. The molecule has 1 unspecified atom stereocenters. The van der Waals surface area contributed by atoms with Gasteiger partial charge in [0.15, 0.2) is 17.5 Å². The van der Waals surface area contributed by atoms with Gasteiger partial charge in [-0.05, 0) is 50.3 Å². The smallest absolute Gasteiger partial charge is 0.231 e. The predicted molar refractivity (Wildman–Crippen MR) is 110 cm³/mol. The molecule has 2 heterocycles. The predicted octanol–water partition coefficient (Wildman–Crippen LogP) is 2.30. The average molecular weight is 389 g/mol. The third-order valence-electron chi connectivity index (χ3n) is 5.24. The van der Waals surface area contributed by atoms with Crippen LogP contribution >= 0.6 is 0 Å². The third-order valence-corrected chi connectivity index (χ3v) is 5.24. The van der Waals surface area contributed by atoms with Crippen LogP contribution in [0.4, 0.5) is 0 Å². The largest absolute Gasteiger partial charge is 0.454 e. The number of likely N-dealkylation sites (tertiary alicyclic amines) is 1. The lowest BCUT2D eigenvalue weighted by molar-refractivity contribution is -0.129. The minimum atomic E-state index is 0.296. The van der Waals surface area contributed by atoms with Crippen molar-refractivity contribution >= 4 is 11.9 Å². The number of guanidine groups is 1. The van der Waals surface area contributed by atoms with Gasteiger partial charge in [0.2, 0.25) is 12.7 Å². The molecular formula is C21H32N4O3. The van der Waals surface area contributed by atoms with E-state index in [1.165, 1.54) is 5.56 Å². The van der Waals surface area contributed by atoms with E-state index in [0.717, 1.165) is 62.8 Å². The van der Waals surface area contributed by atoms with Gasteiger partial charge in [0, 0.05) is 38.6 Å². The molecule has 7 nitrogen and oxygen atoms in total. The van der Waals surface area contributed by atoms with Gasteiger partial charge in [-0.1, -0.05) is 13.0 Å². The molecule has 2 aliphatic rings. The Bertz CT molecular complexity index is 692. The number of aliphatic imine (C=N–C) groups is 1. The summed E-state index contributed by atoms with van der Waals surface area (Å²) in [4.78, 5) is 18.7. The molecule has 154 valence electrons. The first-order chi connectivity index (χ1) is 13.7. The van der Waals surface area contributed by atoms with Crippen LogP contribution in [-0.2, 0) is 11.2 Å². The number of nitrogens with one attached hydrogen (secondary N) is 2. The normalized spacial score (nSPS) is 17.1. The van der Waals surface area contributed by atoms with E-state index in [2.05, 4.69) is 30.5 Å². The Morgan fingerprint density at radius 2 is 2.11 bits per heavy atom. The molecule has 0 spiro atoms. The summed E-state index contributed by atoms with van der Waals surface area (Å²) in [6, 6.07) is 6.36. The minimum absolute atomic E-state index is 0.296. The Hall–Kier alpha value is -2.44. The van der Waals surface area contributed by atoms with Crippen molar-refractivity contribution in [3.63, 3.8) is 0 Å². The monoisotopic (exact) mass is 388 g/mol. The number of ether oxygens (including phenoxy) is 2. The van der Waals surface area contributed by atoms with Crippen LogP contribution in [-0.4, -0.2) is 55.8 Å². The standard InChI is InChI=1S/C21H32N4O3/c1-3-17(25-13-5-6-20(25)26)10-12-24-21(22-4-2)23-11-9-16-7-8-18-19(14-16)28-15-27-18/h7-8,14,17H,3-6,9-13,15H2,1-2H3,(H2,22,23,24). The van der Waals surface area contributed by atoms with Crippen LogP contribution in [0.3, 0.4) is 0 Å². The van der Waals surface area contributed by atoms with Crippen molar-refractivity contribution in [2.24, 2.45) is 4.99 Å². The van der Waals surface area contributed by atoms with Crippen molar-refractivity contribution < 1.29 is 14.3 Å². The second kappa shape index (κ2) is 10.2. The van der Waals surface area contributed by atoms with Crippen LogP contribution in [0.25, 0.3) is 0 Å². The Kier molecular flexibility index (Phi) is 7.39. The van der Waals surface area contributed by atoms with Gasteiger partial charge in [-0.3, -0.25) is 9.79 Å². The summed E-state index contributed by atoms with van der Waals surface area (Å²) < 4.78 is 10.8. The first-order valence-electron chi connectivity index (χ1n) is 10.4. The van der Waals surface area contributed by atoms with E-state index in [1.807, 2.05) is 17.0 Å². The molecule has 3 rings (SSSR count). The number of carbonyl (C=O) groups excluding carboxylic acids is 1. The van der Waals surface area contributed by atoms with Gasteiger partial charge in [-0.25, -0.2) is 0 Å². The molecule has 1 amide bonds. The Morgan fingerprint density at radius 1 is 1.25 bits per heavy atom. The molecule has 1 atom stereocenters. The molecule has 28 heavy (non-hydrogen) atoms. The summed E-state index contributed by atoms with van der Waals surface area (Å²) in [6.45, 7) is 7.72. The highest BCUT2D eigenvalue weighted by Crippen LogP contribution is 2.32. The molecule has 1 fully saturated rings. The summed E-state index contributed by atoms with van der Waals surface area (Å²) >= 11 is 0. The fourth-order valence-corrected chi connectivity index (χ4v) is 3.72. The zero-order valence-electron chi connectivity index (χ0n) is 17.0. The van der Waals surface area contributed by atoms with Crippen LogP contribution in [0, 0.1) is 0 Å². The Labute approximate surface area is 167 Å². The molecule has 1 saturated heterocycles. The maximum atomic E-state index is 12.0. The number of fused-ring (bicyclic) bond motifs is 1. The summed E-state index contributed by atoms with van der Waals surface area (Å²) in [5.74, 6) is 2.75. The molecule has 0 aromatic heterocycles. The molecule has 2 aliphatic heterocycles. The summed E-state index contributed by atoms with van der Waals surface area (Å²) in [5.41, 5.74) is 1.20. The first-order valence-corrected chi connectivity index (χ1v) is 10.4. The SMILES string of the molecule is CCNC(=NCCC(CC)N1CCCC1=O)NCCc1ccc2c(c1)OCO2. The third kappa shape index (κ3) is 5.30. The lowest BCUT2D eigenvalue weighted by Crippen LogP contribution is -2.39. The van der Waals surface area contributed by atoms with E-state index in [4.69, 9.17) is 14.5 Å². The van der Waals surface area contributed by atoms with E-state index in [9.17, 15) is 4.79 Å². The van der Waals surface area contributed by atoms with E-state index in [0.29, 0.717) is 31.7 Å². The summed E-state index contributed by atoms with van der Waals surface area (Å²) in [6.07, 6.45) is 4.45.